The fraction of sp³-hybridized carbons (Fsp3) is 0.176. The fourth-order valence-electron chi connectivity index (χ4n) is 2.26. The molecule has 0 amide bonds. The van der Waals surface area contributed by atoms with E-state index in [0.29, 0.717) is 0 Å². The van der Waals surface area contributed by atoms with Crippen LogP contribution in [-0.4, -0.2) is 5.11 Å². The maximum atomic E-state index is 10.8. The summed E-state index contributed by atoms with van der Waals surface area (Å²) in [5, 5.41) is 10.8. The molecule has 0 radical (unpaired) electrons. The van der Waals surface area contributed by atoms with Gasteiger partial charge in [0.25, 0.3) is 0 Å². The molecule has 18 heavy (non-hydrogen) atoms. The molecule has 0 aliphatic rings. The van der Waals surface area contributed by atoms with Gasteiger partial charge in [0.05, 0.1) is 0 Å². The predicted octanol–water partition coefficient (Wildman–Crippen LogP) is 4.00. The Morgan fingerprint density at radius 1 is 0.944 bits per heavy atom. The molecule has 0 heterocycles. The monoisotopic (exact) mass is 238 g/mol. The van der Waals surface area contributed by atoms with Crippen molar-refractivity contribution in [1.82, 2.24) is 0 Å². The molecule has 2 rings (SSSR count). The summed E-state index contributed by atoms with van der Waals surface area (Å²) >= 11 is 0. The fourth-order valence-corrected chi connectivity index (χ4v) is 2.26. The summed E-state index contributed by atoms with van der Waals surface area (Å²) in [7, 11) is 0. The number of benzene rings is 2. The number of rotatable bonds is 3. The van der Waals surface area contributed by atoms with Crippen LogP contribution in [0.5, 0.6) is 0 Å². The zero-order valence-corrected chi connectivity index (χ0v) is 10.8. The van der Waals surface area contributed by atoms with Crippen LogP contribution in [0, 0.1) is 0 Å². The highest BCUT2D eigenvalue weighted by Gasteiger charge is 2.28. The van der Waals surface area contributed by atoms with Gasteiger partial charge >= 0.3 is 0 Å². The van der Waals surface area contributed by atoms with E-state index in [1.165, 1.54) is 0 Å². The standard InChI is InChI=1S/C17H18O/c1-3-16(14-10-6-4-7-11-14)17(2,18)15-12-8-5-9-13-15/h3-13,18H,1-2H3/b16-3-. The van der Waals surface area contributed by atoms with Gasteiger partial charge in [-0.2, -0.15) is 0 Å². The van der Waals surface area contributed by atoms with Gasteiger partial charge in [-0.15, -0.1) is 0 Å². The zero-order valence-electron chi connectivity index (χ0n) is 10.8. The van der Waals surface area contributed by atoms with E-state index in [-0.39, 0.29) is 0 Å². The maximum absolute atomic E-state index is 10.8. The highest BCUT2D eigenvalue weighted by atomic mass is 16.3. The zero-order chi connectivity index (χ0) is 13.0. The summed E-state index contributed by atoms with van der Waals surface area (Å²) in [6.45, 7) is 3.80. The molecule has 0 bridgehead atoms. The van der Waals surface area contributed by atoms with Crippen LogP contribution in [0.2, 0.25) is 0 Å². The molecule has 0 fully saturated rings. The van der Waals surface area contributed by atoms with Crippen molar-refractivity contribution < 1.29 is 5.11 Å². The summed E-state index contributed by atoms with van der Waals surface area (Å²) in [6, 6.07) is 19.7. The highest BCUT2D eigenvalue weighted by molar-refractivity contribution is 5.73. The average Bonchev–Trinajstić information content (AvgIpc) is 2.41. The van der Waals surface area contributed by atoms with E-state index in [2.05, 4.69) is 0 Å². The molecule has 2 aromatic carbocycles. The van der Waals surface area contributed by atoms with Crippen molar-refractivity contribution in [2.45, 2.75) is 19.4 Å². The maximum Gasteiger partial charge on any atom is 0.112 e. The number of hydrogen-bond acceptors (Lipinski definition) is 1. The van der Waals surface area contributed by atoms with E-state index in [0.717, 1.165) is 16.7 Å². The summed E-state index contributed by atoms with van der Waals surface area (Å²) in [6.07, 6.45) is 1.97. The van der Waals surface area contributed by atoms with Crippen LogP contribution in [0.15, 0.2) is 66.7 Å². The van der Waals surface area contributed by atoms with Crippen molar-refractivity contribution in [3.63, 3.8) is 0 Å². The van der Waals surface area contributed by atoms with Crippen LogP contribution < -0.4 is 0 Å². The Labute approximate surface area is 108 Å². The first kappa shape index (κ1) is 12.6. The van der Waals surface area contributed by atoms with Gasteiger partial charge in [-0.1, -0.05) is 66.7 Å². The van der Waals surface area contributed by atoms with Gasteiger partial charge in [0.15, 0.2) is 0 Å². The Hall–Kier alpha value is -1.86. The lowest BCUT2D eigenvalue weighted by molar-refractivity contribution is 0.122. The van der Waals surface area contributed by atoms with Gasteiger partial charge in [0.1, 0.15) is 5.60 Å². The first-order valence-electron chi connectivity index (χ1n) is 6.16. The van der Waals surface area contributed by atoms with Crippen LogP contribution in [-0.2, 0) is 5.60 Å². The molecule has 92 valence electrons. The third-order valence-electron chi connectivity index (χ3n) is 3.23. The second-order valence-electron chi connectivity index (χ2n) is 4.51. The highest BCUT2D eigenvalue weighted by Crippen LogP contribution is 2.35. The van der Waals surface area contributed by atoms with Crippen molar-refractivity contribution in [2.24, 2.45) is 0 Å². The summed E-state index contributed by atoms with van der Waals surface area (Å²) in [4.78, 5) is 0. The van der Waals surface area contributed by atoms with Gasteiger partial charge in [-0.25, -0.2) is 0 Å². The minimum atomic E-state index is -0.975. The second-order valence-corrected chi connectivity index (χ2v) is 4.51. The van der Waals surface area contributed by atoms with Gasteiger partial charge in [-0.3, -0.25) is 0 Å². The smallest absolute Gasteiger partial charge is 0.112 e. The Morgan fingerprint density at radius 3 is 1.94 bits per heavy atom. The van der Waals surface area contributed by atoms with E-state index in [9.17, 15) is 5.11 Å². The lowest BCUT2D eigenvalue weighted by Crippen LogP contribution is -2.23. The molecule has 1 N–H and O–H groups in total. The van der Waals surface area contributed by atoms with Crippen molar-refractivity contribution in [3.8, 4) is 0 Å². The molecule has 0 saturated carbocycles. The number of allylic oxidation sites excluding steroid dienone is 1. The number of hydrogen-bond donors (Lipinski definition) is 1. The Morgan fingerprint density at radius 2 is 1.44 bits per heavy atom. The third kappa shape index (κ3) is 2.36. The van der Waals surface area contributed by atoms with Crippen molar-refractivity contribution >= 4 is 5.57 Å². The Kier molecular flexibility index (Phi) is 3.63. The molecule has 1 unspecified atom stereocenters. The second kappa shape index (κ2) is 5.19. The minimum absolute atomic E-state index is 0.905. The summed E-state index contributed by atoms with van der Waals surface area (Å²) in [5.41, 5.74) is 1.90. The van der Waals surface area contributed by atoms with Crippen molar-refractivity contribution in [2.75, 3.05) is 0 Å². The average molecular weight is 238 g/mol. The first-order chi connectivity index (χ1) is 8.66. The van der Waals surface area contributed by atoms with Crippen molar-refractivity contribution in [1.29, 1.82) is 0 Å². The normalized spacial score (nSPS) is 15.2. The van der Waals surface area contributed by atoms with Gasteiger partial charge in [0.2, 0.25) is 0 Å². The van der Waals surface area contributed by atoms with Gasteiger partial charge < -0.3 is 5.11 Å². The summed E-state index contributed by atoms with van der Waals surface area (Å²) in [5.74, 6) is 0. The Bertz CT molecular complexity index is 524. The van der Waals surface area contributed by atoms with Crippen LogP contribution in [0.4, 0.5) is 0 Å². The largest absolute Gasteiger partial charge is 0.381 e. The molecule has 1 atom stereocenters. The molecular weight excluding hydrogens is 220 g/mol. The van der Waals surface area contributed by atoms with Gasteiger partial charge in [-0.05, 0) is 30.5 Å². The lowest BCUT2D eigenvalue weighted by atomic mass is 9.84. The molecule has 1 nitrogen and oxygen atoms in total. The molecule has 0 saturated heterocycles. The predicted molar refractivity (Wildman–Crippen MR) is 76.1 cm³/mol. The Balaban J connectivity index is 2.46. The van der Waals surface area contributed by atoms with Crippen LogP contribution >= 0.6 is 0 Å². The van der Waals surface area contributed by atoms with Crippen LogP contribution in [0.25, 0.3) is 5.57 Å². The van der Waals surface area contributed by atoms with E-state index in [1.54, 1.807) is 0 Å². The molecule has 0 aliphatic carbocycles. The molecule has 0 aromatic heterocycles. The lowest BCUT2D eigenvalue weighted by Gasteiger charge is -2.27. The van der Waals surface area contributed by atoms with E-state index in [4.69, 9.17) is 0 Å². The quantitative estimate of drug-likeness (QED) is 0.857. The molecule has 1 heteroatoms. The minimum Gasteiger partial charge on any atom is -0.381 e. The van der Waals surface area contributed by atoms with Crippen molar-refractivity contribution in [3.05, 3.63) is 77.9 Å². The number of aliphatic hydroxyl groups is 1. The van der Waals surface area contributed by atoms with E-state index < -0.39 is 5.60 Å². The van der Waals surface area contributed by atoms with Crippen LogP contribution in [0.1, 0.15) is 25.0 Å². The topological polar surface area (TPSA) is 20.2 Å². The molecular formula is C17H18O. The van der Waals surface area contributed by atoms with E-state index >= 15 is 0 Å². The summed E-state index contributed by atoms with van der Waals surface area (Å²) < 4.78 is 0. The van der Waals surface area contributed by atoms with E-state index in [1.807, 2.05) is 80.6 Å². The van der Waals surface area contributed by atoms with Gasteiger partial charge in [0, 0.05) is 0 Å². The molecule has 2 aromatic rings. The first-order valence-corrected chi connectivity index (χ1v) is 6.16. The molecule has 0 spiro atoms. The van der Waals surface area contributed by atoms with Crippen LogP contribution in [0.3, 0.4) is 0 Å². The molecule has 0 aliphatic heterocycles. The SMILES string of the molecule is C/C=C(/c1ccccc1)C(C)(O)c1ccccc1. The third-order valence-corrected chi connectivity index (χ3v) is 3.23.